The van der Waals surface area contributed by atoms with E-state index in [9.17, 15) is 9.59 Å². The van der Waals surface area contributed by atoms with Gasteiger partial charge in [0, 0.05) is 36.3 Å². The second-order valence-electron chi connectivity index (χ2n) is 7.25. The summed E-state index contributed by atoms with van der Waals surface area (Å²) in [6.07, 6.45) is 8.19. The van der Waals surface area contributed by atoms with Crippen molar-refractivity contribution < 1.29 is 9.59 Å². The Morgan fingerprint density at radius 2 is 1.88 bits per heavy atom. The van der Waals surface area contributed by atoms with Gasteiger partial charge in [0.15, 0.2) is 5.13 Å². The molecule has 3 heterocycles. The predicted octanol–water partition coefficient (Wildman–Crippen LogP) is 4.85. The monoisotopic (exact) mass is 481 g/mol. The van der Waals surface area contributed by atoms with Gasteiger partial charge in [0.05, 0.1) is 16.1 Å². The van der Waals surface area contributed by atoms with Crippen molar-refractivity contribution in [3.05, 3.63) is 78.8 Å². The number of hydrogen-bond donors (Lipinski definition) is 2. The number of anilines is 2. The van der Waals surface area contributed by atoms with Crippen molar-refractivity contribution in [2.45, 2.75) is 29.2 Å². The summed E-state index contributed by atoms with van der Waals surface area (Å²) < 4.78 is 1.13. The average molecular weight is 482 g/mol. The highest BCUT2D eigenvalue weighted by Gasteiger charge is 2.17. The number of pyridine rings is 1. The first-order valence-electron chi connectivity index (χ1n) is 10.6. The lowest BCUT2D eigenvalue weighted by Gasteiger charge is -2.26. The predicted molar refractivity (Wildman–Crippen MR) is 135 cm³/mol. The summed E-state index contributed by atoms with van der Waals surface area (Å²) in [4.78, 5) is 33.5. The molecule has 1 aromatic carbocycles. The molecule has 0 aliphatic carbocycles. The standard InChI is InChI=1S/C15H18N2O2.C9H9N3S2/c1-2-14(18)16-13-8-6-12(7-9-13)15(19)17-10-4-3-5-11-17;10-9-12-5-8(14-9)13-6-7-3-1-2-4-11-7/h2,6-9H,1,3-5,10-11H2,(H,16,18);1-5H,6H2,(H2,10,12). The minimum atomic E-state index is -0.255. The molecule has 0 saturated carbocycles. The fourth-order valence-corrected chi connectivity index (χ4v) is 4.81. The molecule has 1 aliphatic heterocycles. The van der Waals surface area contributed by atoms with Gasteiger partial charge >= 0.3 is 0 Å². The summed E-state index contributed by atoms with van der Waals surface area (Å²) in [5, 5.41) is 3.27. The average Bonchev–Trinajstić information content (AvgIpc) is 3.29. The molecular formula is C24H27N5O2S2. The van der Waals surface area contributed by atoms with Crippen LogP contribution in [0.4, 0.5) is 10.8 Å². The number of nitrogens with one attached hydrogen (secondary N) is 1. The van der Waals surface area contributed by atoms with E-state index in [1.165, 1.54) is 23.8 Å². The highest BCUT2D eigenvalue weighted by molar-refractivity contribution is 8.00. The third-order valence-corrected chi connectivity index (χ3v) is 6.87. The van der Waals surface area contributed by atoms with E-state index in [0.717, 1.165) is 41.6 Å². The maximum absolute atomic E-state index is 12.2. The number of piperidine rings is 1. The van der Waals surface area contributed by atoms with Gasteiger partial charge in [-0.25, -0.2) is 4.98 Å². The highest BCUT2D eigenvalue weighted by Crippen LogP contribution is 2.28. The van der Waals surface area contributed by atoms with Gasteiger partial charge in [-0.15, -0.1) is 11.8 Å². The summed E-state index contributed by atoms with van der Waals surface area (Å²) in [7, 11) is 0. The lowest BCUT2D eigenvalue weighted by atomic mass is 10.1. The zero-order chi connectivity index (χ0) is 23.5. The van der Waals surface area contributed by atoms with Crippen molar-refractivity contribution in [2.75, 3.05) is 24.1 Å². The molecule has 7 nitrogen and oxygen atoms in total. The third kappa shape index (κ3) is 8.03. The molecular weight excluding hydrogens is 454 g/mol. The molecule has 0 bridgehead atoms. The summed E-state index contributed by atoms with van der Waals surface area (Å²) in [5.41, 5.74) is 7.93. The van der Waals surface area contributed by atoms with E-state index in [-0.39, 0.29) is 11.8 Å². The molecule has 1 fully saturated rings. The lowest BCUT2D eigenvalue weighted by molar-refractivity contribution is -0.111. The summed E-state index contributed by atoms with van der Waals surface area (Å²) >= 11 is 3.22. The number of thiazole rings is 1. The first-order chi connectivity index (χ1) is 16.0. The van der Waals surface area contributed by atoms with E-state index in [1.807, 2.05) is 23.1 Å². The van der Waals surface area contributed by atoms with Crippen molar-refractivity contribution in [2.24, 2.45) is 0 Å². The van der Waals surface area contributed by atoms with Crippen LogP contribution < -0.4 is 11.1 Å². The number of nitrogens with two attached hydrogens (primary N) is 1. The Hall–Kier alpha value is -3.17. The Morgan fingerprint density at radius 1 is 1.12 bits per heavy atom. The smallest absolute Gasteiger partial charge is 0.253 e. The van der Waals surface area contributed by atoms with Gasteiger partial charge in [-0.1, -0.05) is 24.0 Å². The first-order valence-corrected chi connectivity index (χ1v) is 12.4. The number of nitrogens with zero attached hydrogens (tertiary/aromatic N) is 3. The molecule has 4 rings (SSSR count). The van der Waals surface area contributed by atoms with E-state index in [0.29, 0.717) is 16.4 Å². The molecule has 0 spiro atoms. The molecule has 1 saturated heterocycles. The molecule has 9 heteroatoms. The largest absolute Gasteiger partial charge is 0.375 e. The number of thioether (sulfide) groups is 1. The van der Waals surface area contributed by atoms with Crippen LogP contribution in [-0.2, 0) is 10.5 Å². The van der Waals surface area contributed by atoms with Gasteiger partial charge in [0.1, 0.15) is 0 Å². The van der Waals surface area contributed by atoms with Crippen LogP contribution in [0.1, 0.15) is 35.3 Å². The van der Waals surface area contributed by atoms with Crippen LogP contribution in [0.3, 0.4) is 0 Å². The molecule has 3 aromatic rings. The van der Waals surface area contributed by atoms with Gasteiger partial charge in [-0.3, -0.25) is 14.6 Å². The van der Waals surface area contributed by atoms with Crippen LogP contribution in [0.15, 0.2) is 71.7 Å². The fourth-order valence-electron chi connectivity index (χ4n) is 3.14. The molecule has 0 unspecified atom stereocenters. The molecule has 172 valence electrons. The topological polar surface area (TPSA) is 101 Å². The van der Waals surface area contributed by atoms with Crippen LogP contribution in [-0.4, -0.2) is 39.8 Å². The van der Waals surface area contributed by atoms with E-state index >= 15 is 0 Å². The van der Waals surface area contributed by atoms with Gasteiger partial charge in [0.2, 0.25) is 5.91 Å². The number of rotatable bonds is 6. The van der Waals surface area contributed by atoms with Crippen LogP contribution in [0.25, 0.3) is 0 Å². The minimum Gasteiger partial charge on any atom is -0.375 e. The molecule has 33 heavy (non-hydrogen) atoms. The number of aromatic nitrogens is 2. The second-order valence-corrected chi connectivity index (χ2v) is 9.59. The number of carbonyl (C=O) groups is 2. The van der Waals surface area contributed by atoms with Crippen molar-refractivity contribution in [3.63, 3.8) is 0 Å². The second kappa shape index (κ2) is 12.8. The van der Waals surface area contributed by atoms with Crippen LogP contribution in [0.2, 0.25) is 0 Å². The van der Waals surface area contributed by atoms with Crippen molar-refractivity contribution in [3.8, 4) is 0 Å². The Labute approximate surface area is 202 Å². The molecule has 2 amide bonds. The van der Waals surface area contributed by atoms with Crippen molar-refractivity contribution >= 4 is 45.7 Å². The Balaban J connectivity index is 0.000000194. The van der Waals surface area contributed by atoms with Crippen LogP contribution in [0.5, 0.6) is 0 Å². The zero-order valence-corrected chi connectivity index (χ0v) is 19.9. The molecule has 0 atom stereocenters. The lowest BCUT2D eigenvalue weighted by Crippen LogP contribution is -2.35. The maximum Gasteiger partial charge on any atom is 0.253 e. The van der Waals surface area contributed by atoms with E-state index < -0.39 is 0 Å². The molecule has 2 aromatic heterocycles. The Morgan fingerprint density at radius 3 is 2.48 bits per heavy atom. The quantitative estimate of drug-likeness (QED) is 0.386. The number of carbonyl (C=O) groups excluding carboxylic acids is 2. The van der Waals surface area contributed by atoms with Gasteiger partial charge in [-0.2, -0.15) is 0 Å². The SMILES string of the molecule is C=CC(=O)Nc1ccc(C(=O)N2CCCCC2)cc1.Nc1ncc(SCc2ccccn2)s1. The van der Waals surface area contributed by atoms with Crippen LogP contribution in [0, 0.1) is 0 Å². The highest BCUT2D eigenvalue weighted by atomic mass is 32.2. The molecule has 0 radical (unpaired) electrons. The molecule has 3 N–H and O–H groups in total. The number of nitrogen functional groups attached to an aromatic ring is 1. The zero-order valence-electron chi connectivity index (χ0n) is 18.3. The van der Waals surface area contributed by atoms with Gasteiger partial charge in [-0.05, 0) is 61.7 Å². The Bertz CT molecular complexity index is 1050. The number of hydrogen-bond acceptors (Lipinski definition) is 7. The first kappa shape index (κ1) is 24.5. The minimum absolute atomic E-state index is 0.0706. The van der Waals surface area contributed by atoms with Crippen molar-refractivity contribution in [1.82, 2.24) is 14.9 Å². The third-order valence-electron chi connectivity index (χ3n) is 4.82. The maximum atomic E-state index is 12.2. The van der Waals surface area contributed by atoms with E-state index in [2.05, 4.69) is 21.9 Å². The van der Waals surface area contributed by atoms with Gasteiger partial charge < -0.3 is 16.0 Å². The normalized spacial score (nSPS) is 12.9. The summed E-state index contributed by atoms with van der Waals surface area (Å²) in [5.74, 6) is 0.680. The van der Waals surface area contributed by atoms with E-state index in [1.54, 1.807) is 48.4 Å². The van der Waals surface area contributed by atoms with Crippen LogP contribution >= 0.6 is 23.1 Å². The summed E-state index contributed by atoms with van der Waals surface area (Å²) in [6, 6.07) is 12.9. The van der Waals surface area contributed by atoms with E-state index in [4.69, 9.17) is 5.73 Å². The number of likely N-dealkylation sites (tertiary alicyclic amines) is 1. The van der Waals surface area contributed by atoms with Gasteiger partial charge in [0.25, 0.3) is 5.91 Å². The Kier molecular flexibility index (Phi) is 9.46. The summed E-state index contributed by atoms with van der Waals surface area (Å²) in [6.45, 7) is 5.07. The number of benzene rings is 1. The van der Waals surface area contributed by atoms with Crippen molar-refractivity contribution in [1.29, 1.82) is 0 Å². The fraction of sp³-hybridized carbons (Fsp3) is 0.250. The molecule has 1 aliphatic rings. The number of amides is 2.